The Hall–Kier alpha value is -3.07. The Labute approximate surface area is 171 Å². The first kappa shape index (κ1) is 21.6. The Morgan fingerprint density at radius 3 is 2.67 bits per heavy atom. The zero-order valence-electron chi connectivity index (χ0n) is 16.8. The molecular weight excluding hydrogens is 398 g/mol. The number of hydrogen-bond acceptors (Lipinski definition) is 5. The largest absolute Gasteiger partial charge is 0.503 e. The van der Waals surface area contributed by atoms with Gasteiger partial charge in [0.1, 0.15) is 22.9 Å². The van der Waals surface area contributed by atoms with Crippen LogP contribution in [0.15, 0.2) is 29.2 Å². The molecule has 2 atom stereocenters. The van der Waals surface area contributed by atoms with Crippen molar-refractivity contribution in [2.45, 2.75) is 39.5 Å². The van der Waals surface area contributed by atoms with E-state index in [2.05, 4.69) is 5.32 Å². The number of nitrogens with zero attached hydrogens (tertiary/aromatic N) is 1. The van der Waals surface area contributed by atoms with Crippen molar-refractivity contribution in [1.82, 2.24) is 9.88 Å². The molecule has 160 valence electrons. The molecule has 0 saturated heterocycles. The van der Waals surface area contributed by atoms with Crippen LogP contribution in [0.25, 0.3) is 0 Å². The van der Waals surface area contributed by atoms with Gasteiger partial charge in [-0.15, -0.1) is 0 Å². The topological polar surface area (TPSA) is 97.6 Å². The molecule has 9 heteroatoms. The van der Waals surface area contributed by atoms with Crippen LogP contribution in [-0.2, 0) is 17.8 Å². The van der Waals surface area contributed by atoms with E-state index in [1.807, 2.05) is 6.92 Å². The van der Waals surface area contributed by atoms with E-state index in [-0.39, 0.29) is 24.3 Å². The molecule has 0 saturated carbocycles. The van der Waals surface area contributed by atoms with Gasteiger partial charge < -0.3 is 19.7 Å². The molecule has 1 aromatic heterocycles. The maximum atomic E-state index is 13.8. The summed E-state index contributed by atoms with van der Waals surface area (Å²) in [5.74, 6) is -3.71. The van der Waals surface area contributed by atoms with Gasteiger partial charge in [0, 0.05) is 31.5 Å². The number of amides is 1. The second kappa shape index (κ2) is 7.98. The van der Waals surface area contributed by atoms with Crippen molar-refractivity contribution >= 4 is 11.7 Å². The number of aromatic hydroxyl groups is 1. The van der Waals surface area contributed by atoms with Gasteiger partial charge in [-0.1, -0.05) is 13.0 Å². The quantitative estimate of drug-likeness (QED) is 0.774. The SMILES string of the molecule is CC[C@@]1(C)C(=O)c2c(O)c(=O)c(C(=O)NCc3ccc(F)cc3F)cn2C[C@@H]1OC. The second-order valence-electron chi connectivity index (χ2n) is 7.46. The fourth-order valence-corrected chi connectivity index (χ4v) is 3.65. The van der Waals surface area contributed by atoms with Gasteiger partial charge in [-0.05, 0) is 19.4 Å². The van der Waals surface area contributed by atoms with E-state index in [0.717, 1.165) is 6.07 Å². The zero-order chi connectivity index (χ0) is 22.2. The summed E-state index contributed by atoms with van der Waals surface area (Å²) in [6.07, 6.45) is 1.10. The summed E-state index contributed by atoms with van der Waals surface area (Å²) in [6, 6.07) is 2.91. The molecule has 0 unspecified atom stereocenters. The highest BCUT2D eigenvalue weighted by atomic mass is 19.1. The third kappa shape index (κ3) is 3.49. The van der Waals surface area contributed by atoms with E-state index in [1.54, 1.807) is 6.92 Å². The Morgan fingerprint density at radius 1 is 1.37 bits per heavy atom. The van der Waals surface area contributed by atoms with Crippen LogP contribution in [0.1, 0.15) is 46.7 Å². The number of halogens is 2. The van der Waals surface area contributed by atoms with Crippen molar-refractivity contribution in [2.75, 3.05) is 7.11 Å². The molecule has 0 fully saturated rings. The number of nitrogens with one attached hydrogen (secondary N) is 1. The van der Waals surface area contributed by atoms with Gasteiger partial charge in [-0.2, -0.15) is 0 Å². The summed E-state index contributed by atoms with van der Waals surface area (Å²) < 4.78 is 33.5. The molecule has 30 heavy (non-hydrogen) atoms. The number of rotatable bonds is 5. The lowest BCUT2D eigenvalue weighted by molar-refractivity contribution is -0.0163. The van der Waals surface area contributed by atoms with Gasteiger partial charge in [0.25, 0.3) is 5.91 Å². The van der Waals surface area contributed by atoms with Crippen molar-refractivity contribution < 1.29 is 28.2 Å². The summed E-state index contributed by atoms with van der Waals surface area (Å²) in [5, 5.41) is 12.8. The van der Waals surface area contributed by atoms with E-state index in [0.29, 0.717) is 12.5 Å². The monoisotopic (exact) mass is 420 g/mol. The van der Waals surface area contributed by atoms with E-state index in [9.17, 15) is 28.3 Å². The number of carbonyl (C=O) groups excluding carboxylic acids is 2. The number of Topliss-reactive ketones (excluding diaryl/α,β-unsaturated/α-hetero) is 1. The van der Waals surface area contributed by atoms with Crippen LogP contribution < -0.4 is 10.7 Å². The summed E-state index contributed by atoms with van der Waals surface area (Å²) in [7, 11) is 1.46. The van der Waals surface area contributed by atoms with Crippen LogP contribution in [0.2, 0.25) is 0 Å². The Balaban J connectivity index is 1.95. The molecule has 0 bridgehead atoms. The first-order valence-electron chi connectivity index (χ1n) is 9.40. The molecule has 0 spiro atoms. The van der Waals surface area contributed by atoms with Gasteiger partial charge in [-0.25, -0.2) is 8.78 Å². The van der Waals surface area contributed by atoms with Crippen molar-refractivity contribution in [3.8, 4) is 5.75 Å². The highest BCUT2D eigenvalue weighted by Crippen LogP contribution is 2.38. The second-order valence-corrected chi connectivity index (χ2v) is 7.46. The minimum absolute atomic E-state index is 0.0281. The maximum Gasteiger partial charge on any atom is 0.257 e. The zero-order valence-corrected chi connectivity index (χ0v) is 16.8. The molecule has 1 aromatic carbocycles. The first-order valence-corrected chi connectivity index (χ1v) is 9.40. The molecule has 0 aliphatic carbocycles. The number of aromatic nitrogens is 1. The minimum Gasteiger partial charge on any atom is -0.503 e. The van der Waals surface area contributed by atoms with E-state index in [1.165, 1.54) is 23.9 Å². The van der Waals surface area contributed by atoms with E-state index in [4.69, 9.17) is 4.74 Å². The normalized spacial score (nSPS) is 20.7. The lowest BCUT2D eigenvalue weighted by atomic mass is 9.73. The molecule has 2 heterocycles. The van der Waals surface area contributed by atoms with Crippen molar-refractivity contribution in [3.05, 3.63) is 63.1 Å². The van der Waals surface area contributed by atoms with Crippen LogP contribution in [0.3, 0.4) is 0 Å². The molecule has 1 aliphatic heterocycles. The maximum absolute atomic E-state index is 13.8. The van der Waals surface area contributed by atoms with Crippen LogP contribution in [0, 0.1) is 17.0 Å². The molecule has 7 nitrogen and oxygen atoms in total. The fourth-order valence-electron chi connectivity index (χ4n) is 3.65. The Kier molecular flexibility index (Phi) is 5.76. The Morgan fingerprint density at radius 2 is 2.07 bits per heavy atom. The number of benzene rings is 1. The van der Waals surface area contributed by atoms with Gasteiger partial charge in [0.15, 0.2) is 11.5 Å². The van der Waals surface area contributed by atoms with E-state index < -0.39 is 51.6 Å². The molecule has 1 aliphatic rings. The van der Waals surface area contributed by atoms with E-state index >= 15 is 0 Å². The predicted molar refractivity (Wildman–Crippen MR) is 103 cm³/mol. The summed E-state index contributed by atoms with van der Waals surface area (Å²) >= 11 is 0. The van der Waals surface area contributed by atoms with Crippen LogP contribution in [0.4, 0.5) is 8.78 Å². The number of methoxy groups -OCH3 is 1. The average molecular weight is 420 g/mol. The molecule has 1 amide bonds. The van der Waals surface area contributed by atoms with Gasteiger partial charge in [0.05, 0.1) is 18.1 Å². The molecule has 2 N–H and O–H groups in total. The lowest BCUT2D eigenvalue weighted by Gasteiger charge is -2.40. The molecular formula is C21H22F2N2O5. The number of hydrogen-bond donors (Lipinski definition) is 2. The molecule has 2 aromatic rings. The minimum atomic E-state index is -0.999. The first-order chi connectivity index (χ1) is 14.1. The highest BCUT2D eigenvalue weighted by Gasteiger charge is 2.47. The van der Waals surface area contributed by atoms with Crippen LogP contribution >= 0.6 is 0 Å². The molecule has 0 radical (unpaired) electrons. The third-order valence-electron chi connectivity index (χ3n) is 5.78. The number of ketones is 1. The van der Waals surface area contributed by atoms with Gasteiger partial charge in [0.2, 0.25) is 5.43 Å². The Bertz CT molecular complexity index is 1080. The smallest absolute Gasteiger partial charge is 0.257 e. The van der Waals surface area contributed by atoms with Crippen LogP contribution in [-0.4, -0.2) is 34.6 Å². The van der Waals surface area contributed by atoms with Crippen LogP contribution in [0.5, 0.6) is 5.75 Å². The van der Waals surface area contributed by atoms with Crippen molar-refractivity contribution in [3.63, 3.8) is 0 Å². The van der Waals surface area contributed by atoms with Gasteiger partial charge >= 0.3 is 0 Å². The summed E-state index contributed by atoms with van der Waals surface area (Å²) in [4.78, 5) is 38.1. The number of ether oxygens (including phenoxy) is 1. The number of pyridine rings is 1. The summed E-state index contributed by atoms with van der Waals surface area (Å²) in [5.41, 5.74) is -2.47. The summed E-state index contributed by atoms with van der Waals surface area (Å²) in [6.45, 7) is 3.38. The van der Waals surface area contributed by atoms with Crippen molar-refractivity contribution in [1.29, 1.82) is 0 Å². The fraction of sp³-hybridized carbons (Fsp3) is 0.381. The lowest BCUT2D eigenvalue weighted by Crippen LogP contribution is -2.49. The molecule has 3 rings (SSSR count). The standard InChI is InChI=1S/C21H22F2N2O5/c1-4-21(2)15(30-3)10-25-9-13(17(26)18(27)16(25)19(21)28)20(29)24-8-11-5-6-12(22)7-14(11)23/h5-7,9,15,27H,4,8,10H2,1-3H3,(H,24,29)/t15-,21+/m0/s1. The highest BCUT2D eigenvalue weighted by molar-refractivity contribution is 6.03. The van der Waals surface area contributed by atoms with Crippen molar-refractivity contribution in [2.24, 2.45) is 5.41 Å². The average Bonchev–Trinajstić information content (AvgIpc) is 2.71. The predicted octanol–water partition coefficient (Wildman–Crippen LogP) is 2.39. The van der Waals surface area contributed by atoms with Gasteiger partial charge in [-0.3, -0.25) is 14.4 Å². The third-order valence-corrected chi connectivity index (χ3v) is 5.78. The number of fused-ring (bicyclic) bond motifs is 1. The number of carbonyl (C=O) groups is 2.